The van der Waals surface area contributed by atoms with Crippen LogP contribution in [-0.4, -0.2) is 13.7 Å². The highest BCUT2D eigenvalue weighted by atomic mass is 32.2. The molecule has 3 nitrogen and oxygen atoms in total. The van der Waals surface area contributed by atoms with Crippen LogP contribution in [0, 0.1) is 5.92 Å². The molecule has 1 aromatic rings. The SMILES string of the molecule is CC1CCC(S(=O)(=O)c2cccc(N)c2)CC1. The third-order valence-corrected chi connectivity index (χ3v) is 5.85. The third kappa shape index (κ3) is 2.63. The van der Waals surface area contributed by atoms with Crippen LogP contribution in [0.15, 0.2) is 29.2 Å². The molecular formula is C13H19NO2S. The van der Waals surface area contributed by atoms with Crippen molar-refractivity contribution in [2.24, 2.45) is 5.92 Å². The maximum atomic E-state index is 12.4. The normalized spacial score (nSPS) is 25.7. The highest BCUT2D eigenvalue weighted by Crippen LogP contribution is 2.31. The van der Waals surface area contributed by atoms with Gasteiger partial charge in [0.1, 0.15) is 0 Å². The average molecular weight is 253 g/mol. The van der Waals surface area contributed by atoms with Crippen LogP contribution in [0.1, 0.15) is 32.6 Å². The number of rotatable bonds is 2. The van der Waals surface area contributed by atoms with E-state index < -0.39 is 9.84 Å². The molecule has 1 saturated carbocycles. The molecule has 0 bridgehead atoms. The molecule has 2 N–H and O–H groups in total. The summed E-state index contributed by atoms with van der Waals surface area (Å²) in [5, 5.41) is -0.222. The predicted molar refractivity (Wildman–Crippen MR) is 69.5 cm³/mol. The van der Waals surface area contributed by atoms with E-state index in [4.69, 9.17) is 5.73 Å². The first-order valence-electron chi connectivity index (χ1n) is 6.09. The Hall–Kier alpha value is -1.03. The molecule has 1 aliphatic rings. The van der Waals surface area contributed by atoms with E-state index in [1.165, 1.54) is 0 Å². The Morgan fingerprint density at radius 3 is 2.41 bits per heavy atom. The van der Waals surface area contributed by atoms with Crippen LogP contribution in [0.3, 0.4) is 0 Å². The van der Waals surface area contributed by atoms with E-state index in [1.807, 2.05) is 0 Å². The van der Waals surface area contributed by atoms with Gasteiger partial charge < -0.3 is 5.73 Å². The summed E-state index contributed by atoms with van der Waals surface area (Å²) in [4.78, 5) is 0.372. The number of nitrogens with two attached hydrogens (primary N) is 1. The molecule has 4 heteroatoms. The fourth-order valence-electron chi connectivity index (χ4n) is 2.42. The summed E-state index contributed by atoms with van der Waals surface area (Å²) in [6.07, 6.45) is 3.56. The molecule has 0 spiro atoms. The maximum absolute atomic E-state index is 12.4. The van der Waals surface area contributed by atoms with Crippen molar-refractivity contribution in [2.75, 3.05) is 5.73 Å². The summed E-state index contributed by atoms with van der Waals surface area (Å²) in [6, 6.07) is 6.62. The number of nitrogen functional groups attached to an aromatic ring is 1. The van der Waals surface area contributed by atoms with E-state index >= 15 is 0 Å². The van der Waals surface area contributed by atoms with Gasteiger partial charge in [0.05, 0.1) is 10.1 Å². The van der Waals surface area contributed by atoms with E-state index in [-0.39, 0.29) is 5.25 Å². The molecule has 0 amide bonds. The fraction of sp³-hybridized carbons (Fsp3) is 0.538. The second-order valence-electron chi connectivity index (χ2n) is 5.00. The van der Waals surface area contributed by atoms with Crippen LogP contribution in [-0.2, 0) is 9.84 Å². The van der Waals surface area contributed by atoms with Crippen molar-refractivity contribution in [1.82, 2.24) is 0 Å². The van der Waals surface area contributed by atoms with Gasteiger partial charge in [-0.1, -0.05) is 13.0 Å². The first kappa shape index (κ1) is 12.4. The van der Waals surface area contributed by atoms with Crippen LogP contribution in [0.5, 0.6) is 0 Å². The van der Waals surface area contributed by atoms with Gasteiger partial charge in [-0.25, -0.2) is 8.42 Å². The van der Waals surface area contributed by atoms with Crippen molar-refractivity contribution >= 4 is 15.5 Å². The van der Waals surface area contributed by atoms with Crippen LogP contribution < -0.4 is 5.73 Å². The molecule has 94 valence electrons. The maximum Gasteiger partial charge on any atom is 0.181 e. The number of hydrogen-bond donors (Lipinski definition) is 1. The summed E-state index contributed by atoms with van der Waals surface area (Å²) >= 11 is 0. The van der Waals surface area contributed by atoms with E-state index in [0.717, 1.165) is 25.7 Å². The van der Waals surface area contributed by atoms with Crippen LogP contribution in [0.2, 0.25) is 0 Å². The van der Waals surface area contributed by atoms with E-state index in [1.54, 1.807) is 24.3 Å². The fourth-order valence-corrected chi connectivity index (χ4v) is 4.27. The molecule has 0 aliphatic heterocycles. The lowest BCUT2D eigenvalue weighted by Gasteiger charge is -2.26. The minimum Gasteiger partial charge on any atom is -0.399 e. The van der Waals surface area contributed by atoms with E-state index in [9.17, 15) is 8.42 Å². The molecule has 17 heavy (non-hydrogen) atoms. The standard InChI is InChI=1S/C13H19NO2S/c1-10-5-7-12(8-6-10)17(15,16)13-4-2-3-11(14)9-13/h2-4,9-10,12H,5-8,14H2,1H3. The topological polar surface area (TPSA) is 60.2 Å². The molecule has 1 fully saturated rings. The summed E-state index contributed by atoms with van der Waals surface area (Å²) in [7, 11) is -3.19. The average Bonchev–Trinajstić information content (AvgIpc) is 2.29. The number of benzene rings is 1. The van der Waals surface area contributed by atoms with E-state index in [0.29, 0.717) is 16.5 Å². The summed E-state index contributed by atoms with van der Waals surface area (Å²) in [5.41, 5.74) is 6.15. The lowest BCUT2D eigenvalue weighted by molar-refractivity contribution is 0.382. The Kier molecular flexibility index (Phi) is 3.43. The minimum atomic E-state index is -3.19. The van der Waals surface area contributed by atoms with Crippen LogP contribution >= 0.6 is 0 Å². The van der Waals surface area contributed by atoms with Crippen molar-refractivity contribution in [3.63, 3.8) is 0 Å². The van der Waals surface area contributed by atoms with Gasteiger partial charge in [0, 0.05) is 5.69 Å². The van der Waals surface area contributed by atoms with E-state index in [2.05, 4.69) is 6.92 Å². The van der Waals surface area contributed by atoms with Gasteiger partial charge in [0.25, 0.3) is 0 Å². The Morgan fingerprint density at radius 2 is 1.82 bits per heavy atom. The lowest BCUT2D eigenvalue weighted by Crippen LogP contribution is -2.26. The molecule has 0 saturated heterocycles. The molecule has 0 atom stereocenters. The minimum absolute atomic E-state index is 0.222. The van der Waals surface area contributed by atoms with Gasteiger partial charge >= 0.3 is 0 Å². The first-order valence-corrected chi connectivity index (χ1v) is 7.64. The molecule has 0 aromatic heterocycles. The number of hydrogen-bond acceptors (Lipinski definition) is 3. The Bertz CT molecular complexity index is 488. The Morgan fingerprint density at radius 1 is 1.18 bits per heavy atom. The molecule has 0 radical (unpaired) electrons. The summed E-state index contributed by atoms with van der Waals surface area (Å²) < 4.78 is 24.8. The van der Waals surface area contributed by atoms with Gasteiger partial charge in [0.15, 0.2) is 9.84 Å². The third-order valence-electron chi connectivity index (χ3n) is 3.59. The van der Waals surface area contributed by atoms with Crippen molar-refractivity contribution in [1.29, 1.82) is 0 Å². The quantitative estimate of drug-likeness (QED) is 0.824. The highest BCUT2D eigenvalue weighted by molar-refractivity contribution is 7.92. The zero-order valence-electron chi connectivity index (χ0n) is 10.1. The van der Waals surface area contributed by atoms with Gasteiger partial charge in [0.2, 0.25) is 0 Å². The summed E-state index contributed by atoms with van der Waals surface area (Å²) in [5.74, 6) is 0.655. The van der Waals surface area contributed by atoms with Crippen molar-refractivity contribution in [3.05, 3.63) is 24.3 Å². The predicted octanol–water partition coefficient (Wildman–Crippen LogP) is 2.62. The van der Waals surface area contributed by atoms with Crippen molar-refractivity contribution < 1.29 is 8.42 Å². The van der Waals surface area contributed by atoms with Gasteiger partial charge in [-0.2, -0.15) is 0 Å². The van der Waals surface area contributed by atoms with Crippen molar-refractivity contribution in [3.8, 4) is 0 Å². The van der Waals surface area contributed by atoms with Crippen LogP contribution in [0.25, 0.3) is 0 Å². The molecule has 0 unspecified atom stereocenters. The molecule has 1 aromatic carbocycles. The molecule has 2 rings (SSSR count). The molecule has 1 aliphatic carbocycles. The summed E-state index contributed by atoms with van der Waals surface area (Å²) in [6.45, 7) is 2.18. The van der Waals surface area contributed by atoms with Gasteiger partial charge in [-0.3, -0.25) is 0 Å². The molecule has 0 heterocycles. The van der Waals surface area contributed by atoms with Crippen molar-refractivity contribution in [2.45, 2.75) is 42.8 Å². The monoisotopic (exact) mass is 253 g/mol. The second-order valence-corrected chi connectivity index (χ2v) is 7.23. The second kappa shape index (κ2) is 4.69. The highest BCUT2D eigenvalue weighted by Gasteiger charge is 2.30. The molecular weight excluding hydrogens is 234 g/mol. The largest absolute Gasteiger partial charge is 0.399 e. The lowest BCUT2D eigenvalue weighted by atomic mass is 9.91. The Labute approximate surface area is 103 Å². The first-order chi connectivity index (χ1) is 8.00. The Balaban J connectivity index is 2.25. The van der Waals surface area contributed by atoms with Gasteiger partial charge in [-0.15, -0.1) is 0 Å². The zero-order chi connectivity index (χ0) is 12.5. The van der Waals surface area contributed by atoms with Crippen LogP contribution in [0.4, 0.5) is 5.69 Å². The zero-order valence-corrected chi connectivity index (χ0v) is 10.9. The smallest absolute Gasteiger partial charge is 0.181 e. The van der Waals surface area contributed by atoms with Gasteiger partial charge in [-0.05, 0) is 49.8 Å². The number of anilines is 1. The number of sulfone groups is 1.